The average molecular weight is 312 g/mol. The molecule has 2 N–H and O–H groups in total. The fourth-order valence-corrected chi connectivity index (χ4v) is 1.42. The summed E-state index contributed by atoms with van der Waals surface area (Å²) < 4.78 is 41.4. The SMILES string of the molecule is CC(Oc1ccccc1Cl)C(=O)NCC(O)C(F)(F)F. The van der Waals surface area contributed by atoms with Gasteiger partial charge in [0.1, 0.15) is 5.75 Å². The van der Waals surface area contributed by atoms with Crippen molar-refractivity contribution in [2.75, 3.05) is 6.54 Å². The van der Waals surface area contributed by atoms with E-state index >= 15 is 0 Å². The molecule has 0 fully saturated rings. The molecule has 0 saturated carbocycles. The number of halogens is 4. The van der Waals surface area contributed by atoms with Crippen LogP contribution in [-0.2, 0) is 4.79 Å². The molecule has 1 rings (SSSR count). The van der Waals surface area contributed by atoms with Gasteiger partial charge < -0.3 is 15.2 Å². The predicted octanol–water partition coefficient (Wildman–Crippen LogP) is 2.15. The van der Waals surface area contributed by atoms with Crippen molar-refractivity contribution in [2.24, 2.45) is 0 Å². The lowest BCUT2D eigenvalue weighted by Gasteiger charge is -2.18. The molecule has 0 aliphatic carbocycles. The van der Waals surface area contributed by atoms with E-state index in [0.717, 1.165) is 0 Å². The Kier molecular flexibility index (Phi) is 5.64. The number of benzene rings is 1. The van der Waals surface area contributed by atoms with Gasteiger partial charge in [0.25, 0.3) is 5.91 Å². The summed E-state index contributed by atoms with van der Waals surface area (Å²) in [7, 11) is 0. The van der Waals surface area contributed by atoms with Crippen LogP contribution in [-0.4, -0.2) is 35.9 Å². The lowest BCUT2D eigenvalue weighted by Crippen LogP contribution is -2.44. The number of aliphatic hydroxyl groups excluding tert-OH is 1. The molecule has 1 amide bonds. The third kappa shape index (κ3) is 4.90. The van der Waals surface area contributed by atoms with Crippen LogP contribution in [0, 0.1) is 0 Å². The first-order valence-electron chi connectivity index (χ1n) is 5.65. The van der Waals surface area contributed by atoms with Gasteiger partial charge in [-0.25, -0.2) is 0 Å². The van der Waals surface area contributed by atoms with E-state index in [1.165, 1.54) is 13.0 Å². The van der Waals surface area contributed by atoms with E-state index < -0.39 is 30.8 Å². The smallest absolute Gasteiger partial charge is 0.416 e. The van der Waals surface area contributed by atoms with Gasteiger partial charge >= 0.3 is 6.18 Å². The number of hydrogen-bond donors (Lipinski definition) is 2. The lowest BCUT2D eigenvalue weighted by atomic mass is 10.3. The van der Waals surface area contributed by atoms with Gasteiger partial charge in [-0.2, -0.15) is 13.2 Å². The third-order valence-corrected chi connectivity index (χ3v) is 2.67. The lowest BCUT2D eigenvalue weighted by molar-refractivity contribution is -0.202. The predicted molar refractivity (Wildman–Crippen MR) is 66.6 cm³/mol. The van der Waals surface area contributed by atoms with Crippen LogP contribution in [0.1, 0.15) is 6.92 Å². The largest absolute Gasteiger partial charge is 0.479 e. The summed E-state index contributed by atoms with van der Waals surface area (Å²) in [5, 5.41) is 11.0. The molecule has 0 aliphatic rings. The standard InChI is InChI=1S/C12H13ClF3NO3/c1-7(20-9-5-3-2-4-8(9)13)11(19)17-6-10(18)12(14,15)16/h2-5,7,10,18H,6H2,1H3,(H,17,19). The van der Waals surface area contributed by atoms with Gasteiger partial charge in [0.2, 0.25) is 0 Å². The summed E-state index contributed by atoms with van der Waals surface area (Å²) in [5.41, 5.74) is 0. The van der Waals surface area contributed by atoms with E-state index in [4.69, 9.17) is 21.4 Å². The molecule has 20 heavy (non-hydrogen) atoms. The Labute approximate surface area is 118 Å². The number of carbonyl (C=O) groups is 1. The van der Waals surface area contributed by atoms with Gasteiger partial charge in [0.05, 0.1) is 11.6 Å². The number of alkyl halides is 3. The van der Waals surface area contributed by atoms with Gasteiger partial charge in [0, 0.05) is 0 Å². The fraction of sp³-hybridized carbons (Fsp3) is 0.417. The normalized spacial score (nSPS) is 14.5. The summed E-state index contributed by atoms with van der Waals surface area (Å²) in [6, 6.07) is 6.38. The van der Waals surface area contributed by atoms with Crippen LogP contribution in [0.25, 0.3) is 0 Å². The summed E-state index contributed by atoms with van der Waals surface area (Å²) in [6.45, 7) is 0.428. The van der Waals surface area contributed by atoms with E-state index in [1.807, 2.05) is 5.32 Å². The van der Waals surface area contributed by atoms with Gasteiger partial charge in [-0.05, 0) is 19.1 Å². The molecular weight excluding hydrogens is 299 g/mol. The van der Waals surface area contributed by atoms with Gasteiger partial charge in [-0.3, -0.25) is 4.79 Å². The monoisotopic (exact) mass is 311 g/mol. The molecular formula is C12H13ClF3NO3. The molecule has 2 unspecified atom stereocenters. The molecule has 0 bridgehead atoms. The number of carbonyl (C=O) groups excluding carboxylic acids is 1. The number of para-hydroxylation sites is 1. The fourth-order valence-electron chi connectivity index (χ4n) is 1.24. The molecule has 0 spiro atoms. The Morgan fingerprint density at radius 1 is 1.45 bits per heavy atom. The molecule has 0 saturated heterocycles. The first kappa shape index (κ1) is 16.6. The van der Waals surface area contributed by atoms with E-state index in [-0.39, 0.29) is 10.8 Å². The highest BCUT2D eigenvalue weighted by Gasteiger charge is 2.38. The quantitative estimate of drug-likeness (QED) is 0.876. The van der Waals surface area contributed by atoms with Crippen molar-refractivity contribution in [1.82, 2.24) is 5.32 Å². The van der Waals surface area contributed by atoms with E-state index in [0.29, 0.717) is 0 Å². The van der Waals surface area contributed by atoms with Crippen molar-refractivity contribution in [3.8, 4) is 5.75 Å². The molecule has 0 aliphatic heterocycles. The second-order valence-electron chi connectivity index (χ2n) is 3.99. The minimum atomic E-state index is -4.78. The summed E-state index contributed by atoms with van der Waals surface area (Å²) in [5.74, 6) is -0.540. The number of rotatable bonds is 5. The Hall–Kier alpha value is -1.47. The van der Waals surface area contributed by atoms with Crippen molar-refractivity contribution >= 4 is 17.5 Å². The van der Waals surface area contributed by atoms with E-state index in [2.05, 4.69) is 0 Å². The molecule has 0 radical (unpaired) electrons. The summed E-state index contributed by atoms with van der Waals surface area (Å²) >= 11 is 5.81. The summed E-state index contributed by atoms with van der Waals surface area (Å²) in [4.78, 5) is 11.5. The second kappa shape index (κ2) is 6.81. The molecule has 0 aromatic heterocycles. The molecule has 2 atom stereocenters. The van der Waals surface area contributed by atoms with Crippen molar-refractivity contribution in [1.29, 1.82) is 0 Å². The maximum atomic E-state index is 12.1. The zero-order valence-electron chi connectivity index (χ0n) is 10.4. The van der Waals surface area contributed by atoms with E-state index in [1.54, 1.807) is 18.2 Å². The molecule has 1 aromatic carbocycles. The maximum absolute atomic E-state index is 12.1. The van der Waals surface area contributed by atoms with Crippen molar-refractivity contribution < 1.29 is 27.8 Å². The van der Waals surface area contributed by atoms with Crippen LogP contribution in [0.3, 0.4) is 0 Å². The number of ether oxygens (including phenoxy) is 1. The van der Waals surface area contributed by atoms with Crippen LogP contribution >= 0.6 is 11.6 Å². The Morgan fingerprint density at radius 3 is 2.60 bits per heavy atom. The zero-order valence-corrected chi connectivity index (χ0v) is 11.2. The van der Waals surface area contributed by atoms with Gasteiger partial charge in [0.15, 0.2) is 12.2 Å². The Bertz CT molecular complexity index is 468. The maximum Gasteiger partial charge on any atom is 0.416 e. The van der Waals surface area contributed by atoms with Crippen molar-refractivity contribution in [3.05, 3.63) is 29.3 Å². The molecule has 1 aromatic rings. The highest BCUT2D eigenvalue weighted by molar-refractivity contribution is 6.32. The molecule has 0 heterocycles. The van der Waals surface area contributed by atoms with Crippen LogP contribution in [0.2, 0.25) is 5.02 Å². The molecule has 112 valence electrons. The van der Waals surface area contributed by atoms with Gasteiger partial charge in [-0.15, -0.1) is 0 Å². The average Bonchev–Trinajstić information content (AvgIpc) is 2.36. The zero-order chi connectivity index (χ0) is 15.3. The van der Waals surface area contributed by atoms with Crippen LogP contribution in [0.5, 0.6) is 5.75 Å². The summed E-state index contributed by atoms with van der Waals surface area (Å²) in [6.07, 6.45) is -8.44. The van der Waals surface area contributed by atoms with E-state index in [9.17, 15) is 18.0 Å². The minimum Gasteiger partial charge on any atom is -0.479 e. The third-order valence-electron chi connectivity index (χ3n) is 2.36. The van der Waals surface area contributed by atoms with Gasteiger partial charge in [-0.1, -0.05) is 23.7 Å². The minimum absolute atomic E-state index is 0.244. The topological polar surface area (TPSA) is 58.6 Å². The molecule has 4 nitrogen and oxygen atoms in total. The Balaban J connectivity index is 2.50. The number of amides is 1. The second-order valence-corrected chi connectivity index (χ2v) is 4.40. The molecule has 8 heteroatoms. The van der Waals surface area contributed by atoms with Crippen LogP contribution in [0.15, 0.2) is 24.3 Å². The van der Waals surface area contributed by atoms with Crippen LogP contribution < -0.4 is 10.1 Å². The van der Waals surface area contributed by atoms with Crippen LogP contribution in [0.4, 0.5) is 13.2 Å². The first-order valence-corrected chi connectivity index (χ1v) is 6.03. The van der Waals surface area contributed by atoms with Crippen molar-refractivity contribution in [2.45, 2.75) is 25.3 Å². The highest BCUT2D eigenvalue weighted by atomic mass is 35.5. The number of hydrogen-bond acceptors (Lipinski definition) is 3. The first-order chi connectivity index (χ1) is 9.21. The van der Waals surface area contributed by atoms with Crippen molar-refractivity contribution in [3.63, 3.8) is 0 Å². The number of nitrogens with one attached hydrogen (secondary N) is 1. The highest BCUT2D eigenvalue weighted by Crippen LogP contribution is 2.24. The number of aliphatic hydroxyl groups is 1. The Morgan fingerprint density at radius 2 is 2.05 bits per heavy atom.